The molecule has 1 aromatic carbocycles. The maximum absolute atomic E-state index is 12.7. The summed E-state index contributed by atoms with van der Waals surface area (Å²) in [6.07, 6.45) is -3.29. The summed E-state index contributed by atoms with van der Waals surface area (Å²) in [5.74, 6) is -3.97. The van der Waals surface area contributed by atoms with E-state index in [1.165, 1.54) is 17.4 Å². The summed E-state index contributed by atoms with van der Waals surface area (Å²) in [6.45, 7) is 0.346. The third-order valence-electron chi connectivity index (χ3n) is 2.67. The maximum atomic E-state index is 12.7. The van der Waals surface area contributed by atoms with Crippen LogP contribution in [0.25, 0.3) is 6.08 Å². The standard InChI is InChI=1S/C13H11F4NO3/c1-12(11(20)21,13(15,16)17)18-10(19)7-4-8-2-5-9(14)6-3-8/h2-7H,1H3,(H,18,19)(H,20,21). The van der Waals surface area contributed by atoms with E-state index in [0.717, 1.165) is 24.3 Å². The molecule has 1 rings (SSSR count). The predicted molar refractivity (Wildman–Crippen MR) is 65.7 cm³/mol. The van der Waals surface area contributed by atoms with Crippen LogP contribution in [0.5, 0.6) is 0 Å². The molecule has 1 aromatic rings. The van der Waals surface area contributed by atoms with Crippen LogP contribution in [0.15, 0.2) is 30.3 Å². The minimum atomic E-state index is -5.15. The largest absolute Gasteiger partial charge is 0.479 e. The van der Waals surface area contributed by atoms with E-state index in [4.69, 9.17) is 5.11 Å². The van der Waals surface area contributed by atoms with Gasteiger partial charge in [0.25, 0.3) is 0 Å². The van der Waals surface area contributed by atoms with Gasteiger partial charge >= 0.3 is 12.1 Å². The van der Waals surface area contributed by atoms with Crippen LogP contribution in [0, 0.1) is 5.82 Å². The molecule has 0 saturated carbocycles. The molecule has 8 heteroatoms. The number of hydrogen-bond acceptors (Lipinski definition) is 2. The van der Waals surface area contributed by atoms with Gasteiger partial charge in [0.05, 0.1) is 0 Å². The van der Waals surface area contributed by atoms with Crippen molar-refractivity contribution in [2.45, 2.75) is 18.6 Å². The number of rotatable bonds is 4. The molecule has 0 spiro atoms. The molecule has 21 heavy (non-hydrogen) atoms. The van der Waals surface area contributed by atoms with Gasteiger partial charge in [-0.15, -0.1) is 0 Å². The van der Waals surface area contributed by atoms with Crippen LogP contribution in [-0.2, 0) is 9.59 Å². The van der Waals surface area contributed by atoms with E-state index < -0.39 is 29.4 Å². The first kappa shape index (κ1) is 16.7. The van der Waals surface area contributed by atoms with Crippen molar-refractivity contribution in [3.05, 3.63) is 41.7 Å². The summed E-state index contributed by atoms with van der Waals surface area (Å²) < 4.78 is 50.6. The number of amides is 1. The van der Waals surface area contributed by atoms with E-state index in [2.05, 4.69) is 0 Å². The lowest BCUT2D eigenvalue weighted by Gasteiger charge is -2.27. The highest BCUT2D eigenvalue weighted by Gasteiger charge is 2.58. The second-order valence-corrected chi connectivity index (χ2v) is 4.30. The fraction of sp³-hybridized carbons (Fsp3) is 0.231. The van der Waals surface area contributed by atoms with E-state index in [-0.39, 0.29) is 0 Å². The Morgan fingerprint density at radius 2 is 1.71 bits per heavy atom. The molecule has 0 saturated heterocycles. The predicted octanol–water partition coefficient (Wildman–Crippen LogP) is 2.36. The molecule has 1 unspecified atom stereocenters. The van der Waals surface area contributed by atoms with Crippen molar-refractivity contribution in [2.75, 3.05) is 0 Å². The van der Waals surface area contributed by atoms with Crippen molar-refractivity contribution < 1.29 is 32.3 Å². The zero-order valence-corrected chi connectivity index (χ0v) is 10.7. The monoisotopic (exact) mass is 305 g/mol. The van der Waals surface area contributed by atoms with Crippen LogP contribution >= 0.6 is 0 Å². The fourth-order valence-electron chi connectivity index (χ4n) is 1.28. The number of alkyl halides is 3. The number of carbonyl (C=O) groups is 2. The van der Waals surface area contributed by atoms with Crippen molar-refractivity contribution in [3.8, 4) is 0 Å². The Morgan fingerprint density at radius 3 is 2.14 bits per heavy atom. The molecule has 0 bridgehead atoms. The molecule has 0 aliphatic rings. The van der Waals surface area contributed by atoms with Gasteiger partial charge in [-0.1, -0.05) is 12.1 Å². The second kappa shape index (κ2) is 5.94. The van der Waals surface area contributed by atoms with Crippen LogP contribution in [-0.4, -0.2) is 28.7 Å². The Morgan fingerprint density at radius 1 is 1.19 bits per heavy atom. The number of carboxylic acids is 1. The summed E-state index contributed by atoms with van der Waals surface area (Å²) in [4.78, 5) is 22.1. The van der Waals surface area contributed by atoms with Gasteiger partial charge in [0, 0.05) is 6.08 Å². The van der Waals surface area contributed by atoms with Crippen LogP contribution < -0.4 is 5.32 Å². The Hall–Kier alpha value is -2.38. The Labute approximate surface area is 117 Å². The highest BCUT2D eigenvalue weighted by Crippen LogP contribution is 2.30. The van der Waals surface area contributed by atoms with Crippen molar-refractivity contribution >= 4 is 18.0 Å². The zero-order valence-electron chi connectivity index (χ0n) is 10.7. The minimum Gasteiger partial charge on any atom is -0.479 e. The number of aliphatic carboxylic acids is 1. The lowest BCUT2D eigenvalue weighted by atomic mass is 10.0. The average Bonchev–Trinajstić information content (AvgIpc) is 2.36. The number of hydrogen-bond donors (Lipinski definition) is 2. The molecule has 1 amide bonds. The number of benzene rings is 1. The third kappa shape index (κ3) is 4.04. The Kier molecular flexibility index (Phi) is 4.72. The van der Waals surface area contributed by atoms with Crippen molar-refractivity contribution in [2.24, 2.45) is 0 Å². The smallest absolute Gasteiger partial charge is 0.422 e. The quantitative estimate of drug-likeness (QED) is 0.663. The summed E-state index contributed by atoms with van der Waals surface area (Å²) >= 11 is 0. The molecule has 2 N–H and O–H groups in total. The topological polar surface area (TPSA) is 66.4 Å². The van der Waals surface area contributed by atoms with Gasteiger partial charge < -0.3 is 10.4 Å². The molecule has 4 nitrogen and oxygen atoms in total. The summed E-state index contributed by atoms with van der Waals surface area (Å²) in [7, 11) is 0. The van der Waals surface area contributed by atoms with Gasteiger partial charge in [0.2, 0.25) is 11.4 Å². The highest BCUT2D eigenvalue weighted by molar-refractivity contribution is 5.96. The van der Waals surface area contributed by atoms with E-state index in [1.54, 1.807) is 0 Å². The minimum absolute atomic E-state index is 0.346. The van der Waals surface area contributed by atoms with E-state index >= 15 is 0 Å². The first-order valence-corrected chi connectivity index (χ1v) is 5.62. The summed E-state index contributed by atoms with van der Waals surface area (Å²) in [6, 6.07) is 4.82. The first-order chi connectivity index (χ1) is 9.56. The van der Waals surface area contributed by atoms with Gasteiger partial charge in [-0.25, -0.2) is 9.18 Å². The van der Waals surface area contributed by atoms with Crippen molar-refractivity contribution in [1.82, 2.24) is 5.32 Å². The van der Waals surface area contributed by atoms with Crippen LogP contribution in [0.3, 0.4) is 0 Å². The number of nitrogens with one attached hydrogen (secondary N) is 1. The number of carboxylic acid groups (broad SMARTS) is 1. The molecule has 1 atom stereocenters. The Bertz CT molecular complexity index is 566. The first-order valence-electron chi connectivity index (χ1n) is 5.62. The van der Waals surface area contributed by atoms with Crippen LogP contribution in [0.2, 0.25) is 0 Å². The molecule has 0 fully saturated rings. The highest BCUT2D eigenvalue weighted by atomic mass is 19.4. The lowest BCUT2D eigenvalue weighted by molar-refractivity contribution is -0.206. The van der Waals surface area contributed by atoms with Crippen LogP contribution in [0.1, 0.15) is 12.5 Å². The Balaban J connectivity index is 2.85. The summed E-state index contributed by atoms with van der Waals surface area (Å²) in [5.41, 5.74) is -3.02. The molecule has 0 aromatic heterocycles. The zero-order chi connectivity index (χ0) is 16.3. The molecule has 114 valence electrons. The third-order valence-corrected chi connectivity index (χ3v) is 2.67. The van der Waals surface area contributed by atoms with Gasteiger partial charge in [-0.05, 0) is 30.7 Å². The molecule has 0 aliphatic carbocycles. The van der Waals surface area contributed by atoms with Crippen LogP contribution in [0.4, 0.5) is 17.6 Å². The lowest BCUT2D eigenvalue weighted by Crippen LogP contribution is -2.61. The fourth-order valence-corrected chi connectivity index (χ4v) is 1.28. The van der Waals surface area contributed by atoms with Gasteiger partial charge in [-0.3, -0.25) is 4.79 Å². The molecular weight excluding hydrogens is 294 g/mol. The van der Waals surface area contributed by atoms with E-state index in [9.17, 15) is 27.2 Å². The molecule has 0 heterocycles. The van der Waals surface area contributed by atoms with E-state index in [0.29, 0.717) is 12.5 Å². The molecular formula is C13H11F4NO3. The SMILES string of the molecule is CC(NC(=O)C=Cc1ccc(F)cc1)(C(=O)O)C(F)(F)F. The van der Waals surface area contributed by atoms with Gasteiger partial charge in [-0.2, -0.15) is 13.2 Å². The normalized spacial score (nSPS) is 14.7. The number of carbonyl (C=O) groups excluding carboxylic acids is 1. The average molecular weight is 305 g/mol. The molecule has 0 aliphatic heterocycles. The van der Waals surface area contributed by atoms with E-state index in [1.807, 2.05) is 0 Å². The number of halogens is 4. The molecule has 0 radical (unpaired) electrons. The van der Waals surface area contributed by atoms with Gasteiger partial charge in [0.15, 0.2) is 0 Å². The van der Waals surface area contributed by atoms with Crippen molar-refractivity contribution in [1.29, 1.82) is 0 Å². The second-order valence-electron chi connectivity index (χ2n) is 4.30. The van der Waals surface area contributed by atoms with Gasteiger partial charge in [0.1, 0.15) is 5.82 Å². The van der Waals surface area contributed by atoms with Crippen molar-refractivity contribution in [3.63, 3.8) is 0 Å². The summed E-state index contributed by atoms with van der Waals surface area (Å²) in [5, 5.41) is 10.0. The maximum Gasteiger partial charge on any atom is 0.422 e.